The van der Waals surface area contributed by atoms with Gasteiger partial charge in [-0.3, -0.25) is 29.5 Å². The fourth-order valence-electron chi connectivity index (χ4n) is 17.0. The molecule has 0 saturated carbocycles. The van der Waals surface area contributed by atoms with Crippen LogP contribution in [0.3, 0.4) is 0 Å². The number of hydrogen-bond acceptors (Lipinski definition) is 7. The molecule has 4 unspecified atom stereocenters. The highest BCUT2D eigenvalue weighted by Gasteiger charge is 2.19. The standard InChI is InChI=1S/C24H20N2O.C23H17N.C22H16N2.2C22H20N2.C12H20N2P4/c1-15-6-8-21-18(10-15)13-23(25-21)16-4-3-5-17(11-16)24-14-19-12-20(27-2)7-9-22(19)26-24;1-3-7-16(8-4-1)18-11-19-13-21-15-22(17-9-5-2-6-10-17)24-23(21)14-20(19)12-18;1-3-7-15(8-4-1)20-13-17-11-12-19-18(22(17)24-20)14-21(23-19)16-9-5-2-6-10-16;1-17(19-10-5-3-6-11-19)23-21-14-9-15-22(16-21)24-18(2)20-12-7-4-8-13-20;1-17(19-9-5-3-6-10-19)23-21-13-15-22(16-14-21)24-18(2)20-11-7-4-8-12-20;1-9(13-17-16-3)11-6-5-7-12(8-11)10(2)14-18(4)15/h3-14,25-26H,1-2H3;1-10,12-15,24H,11H2;1-14,23-24H;2*3-16H,1-2H3;5-8,16-17H,15H2,1-4H3. The monoisotopic (exact) mass is 1910 g/mol. The Kier molecular flexibility index (Phi) is 32.5. The van der Waals surface area contributed by atoms with Gasteiger partial charge in [0.1, 0.15) is 5.75 Å². The molecule has 5 N–H and O–H groups in total. The molecule has 141 heavy (non-hydrogen) atoms. The number of nitrogens with zero attached hydrogens (tertiary/aromatic N) is 6. The van der Waals surface area contributed by atoms with Gasteiger partial charge in [-0.25, -0.2) is 0 Å². The molecular formula is C125H113N11OP4. The molecule has 0 radical (unpaired) electrons. The first-order chi connectivity index (χ1) is 68.9. The largest absolute Gasteiger partial charge is 0.497 e. The third-order valence-electron chi connectivity index (χ3n) is 24.4. The van der Waals surface area contributed by atoms with E-state index in [1.807, 2.05) is 167 Å². The molecule has 0 fully saturated rings. The summed E-state index contributed by atoms with van der Waals surface area (Å²) >= 11 is 0. The SMILES string of the molecule is C1=C(c2ccccc2)Cc2cc3cc(-c4ccccc4)[nH]c3cc21.CC(=Nc1ccc(N=C(C)c2ccccc2)cc1)c1ccccc1.CC(=Nc1cccc(N=C(C)c2ccccc2)c1)c1ccccc1.COc1ccc2[nH]c(-c3cccc(-c4cc5cc(C)ccc5[nH]4)c3)cc2c1.CPPN=C(C)c1cccc(C(C)=NP(C)P)c1.c1ccc(-c2cc3c(ccc4cc(-c5ccccc5)[nH]c43)[nH]2)cc1. The number of aryl methyl sites for hydroxylation is 1. The lowest BCUT2D eigenvalue weighted by atomic mass is 10.0. The lowest BCUT2D eigenvalue weighted by Gasteiger charge is -2.06. The molecule has 1 aliphatic carbocycles. The summed E-state index contributed by atoms with van der Waals surface area (Å²) in [6.07, 6.45) is 3.34. The summed E-state index contributed by atoms with van der Waals surface area (Å²) in [6.45, 7) is 18.7. The van der Waals surface area contributed by atoms with E-state index in [9.17, 15) is 0 Å². The lowest BCUT2D eigenvalue weighted by molar-refractivity contribution is 0.415. The number of aliphatic imine (C=N–C) groups is 4. The van der Waals surface area contributed by atoms with Crippen molar-refractivity contribution in [3.8, 4) is 62.0 Å². The van der Waals surface area contributed by atoms with Crippen molar-refractivity contribution in [3.05, 3.63) is 486 Å². The Hall–Kier alpha value is -15.5. The van der Waals surface area contributed by atoms with Gasteiger partial charge in [-0.2, -0.15) is 0 Å². The minimum atomic E-state index is -0.321. The number of rotatable bonds is 20. The molecule has 16 aromatic carbocycles. The number of nitrogens with one attached hydrogen (secondary N) is 5. The van der Waals surface area contributed by atoms with Gasteiger partial charge in [0.25, 0.3) is 0 Å². The van der Waals surface area contributed by atoms with Gasteiger partial charge in [-0.15, -0.1) is 0 Å². The van der Waals surface area contributed by atoms with Crippen molar-refractivity contribution in [1.82, 2.24) is 24.9 Å². The van der Waals surface area contributed by atoms with Crippen LogP contribution in [0.5, 0.6) is 5.75 Å². The lowest BCUT2D eigenvalue weighted by Crippen LogP contribution is -1.98. The first-order valence-electron chi connectivity index (χ1n) is 47.3. The van der Waals surface area contributed by atoms with Gasteiger partial charge in [-0.1, -0.05) is 326 Å². The molecule has 1 aliphatic rings. The third kappa shape index (κ3) is 25.7. The molecule has 0 amide bonds. The molecule has 0 saturated heterocycles. The van der Waals surface area contributed by atoms with Crippen LogP contribution in [-0.2, 0) is 6.42 Å². The van der Waals surface area contributed by atoms with Crippen LogP contribution in [0.15, 0.2) is 460 Å². The number of aromatic nitrogens is 5. The second-order valence-corrected chi connectivity index (χ2v) is 41.4. The Labute approximate surface area is 833 Å². The highest BCUT2D eigenvalue weighted by atomic mass is 32.0. The van der Waals surface area contributed by atoms with Crippen LogP contribution in [0.25, 0.3) is 122 Å². The van der Waals surface area contributed by atoms with Crippen LogP contribution in [-0.4, -0.2) is 79.6 Å². The average Bonchev–Trinajstić information content (AvgIpc) is 1.63. The summed E-state index contributed by atoms with van der Waals surface area (Å²) in [5.74, 6) is 0.871. The van der Waals surface area contributed by atoms with E-state index in [1.165, 1.54) is 105 Å². The number of benzene rings is 16. The first kappa shape index (κ1) is 97.2. The quantitative estimate of drug-likeness (QED) is 0.0373. The number of ether oxygens (including phenoxy) is 1. The second kappa shape index (κ2) is 47.2. The van der Waals surface area contributed by atoms with Crippen molar-refractivity contribution >= 4 is 157 Å². The van der Waals surface area contributed by atoms with Crippen molar-refractivity contribution in [3.63, 3.8) is 0 Å². The van der Waals surface area contributed by atoms with E-state index in [-0.39, 0.29) is 7.76 Å². The molecule has 0 aliphatic heterocycles. The zero-order valence-corrected chi connectivity index (χ0v) is 84.9. The highest BCUT2D eigenvalue weighted by molar-refractivity contribution is 8.12. The highest BCUT2D eigenvalue weighted by Crippen LogP contribution is 2.43. The summed E-state index contributed by atoms with van der Waals surface area (Å²) in [6, 6.07) is 149. The van der Waals surface area contributed by atoms with E-state index in [2.05, 4.69) is 385 Å². The van der Waals surface area contributed by atoms with Gasteiger partial charge >= 0.3 is 0 Å². The third-order valence-corrected chi connectivity index (χ3v) is 27.1. The zero-order valence-electron chi connectivity index (χ0n) is 80.9. The Balaban J connectivity index is 0.000000117. The normalized spacial score (nSPS) is 12.5. The van der Waals surface area contributed by atoms with Gasteiger partial charge in [-0.05, 0) is 285 Å². The Morgan fingerprint density at radius 3 is 1.18 bits per heavy atom. The minimum absolute atomic E-state index is 0.321. The Morgan fingerprint density at radius 1 is 0.312 bits per heavy atom. The molecule has 5 heterocycles. The molecule has 16 heteroatoms. The van der Waals surface area contributed by atoms with E-state index < -0.39 is 0 Å². The van der Waals surface area contributed by atoms with Crippen molar-refractivity contribution < 1.29 is 4.74 Å². The van der Waals surface area contributed by atoms with E-state index in [4.69, 9.17) is 14.7 Å². The van der Waals surface area contributed by atoms with Crippen LogP contribution in [0.1, 0.15) is 97.2 Å². The van der Waals surface area contributed by atoms with Crippen LogP contribution >= 0.6 is 33.4 Å². The minimum Gasteiger partial charge on any atom is -0.497 e. The fourth-order valence-corrected chi connectivity index (χ4v) is 19.4. The summed E-state index contributed by atoms with van der Waals surface area (Å²) < 4.78 is 14.5. The van der Waals surface area contributed by atoms with Gasteiger partial charge < -0.3 is 29.7 Å². The van der Waals surface area contributed by atoms with Gasteiger partial charge in [0.15, 0.2) is 0 Å². The number of methoxy groups -OCH3 is 1. The number of aromatic amines is 5. The maximum atomic E-state index is 5.33. The van der Waals surface area contributed by atoms with Crippen molar-refractivity contribution in [2.45, 2.75) is 54.9 Å². The maximum absolute atomic E-state index is 5.33. The van der Waals surface area contributed by atoms with Crippen LogP contribution in [0.2, 0.25) is 0 Å². The summed E-state index contributed by atoms with van der Waals surface area (Å²) in [5, 5.41) is 6.15. The molecule has 0 spiro atoms. The number of hydrogen-bond donors (Lipinski definition) is 5. The molecular weight excluding hydrogens is 1800 g/mol. The number of allylic oxidation sites excluding steroid dienone is 1. The van der Waals surface area contributed by atoms with E-state index in [1.54, 1.807) is 7.11 Å². The smallest absolute Gasteiger partial charge is 0.119 e. The van der Waals surface area contributed by atoms with E-state index >= 15 is 0 Å². The van der Waals surface area contributed by atoms with Gasteiger partial charge in [0.2, 0.25) is 0 Å². The molecule has 22 rings (SSSR count). The molecule has 21 aromatic rings. The van der Waals surface area contributed by atoms with Crippen LogP contribution in [0.4, 0.5) is 22.7 Å². The second-order valence-electron chi connectivity index (χ2n) is 34.7. The van der Waals surface area contributed by atoms with Crippen molar-refractivity contribution in [2.75, 3.05) is 20.4 Å². The molecule has 694 valence electrons. The fraction of sp³-hybridized carbons (Fsp3) is 0.0880. The molecule has 12 nitrogen and oxygen atoms in total. The molecule has 5 aromatic heterocycles. The van der Waals surface area contributed by atoms with Crippen LogP contribution in [0, 0.1) is 6.92 Å². The first-order valence-corrected chi connectivity index (χ1v) is 54.1. The summed E-state index contributed by atoms with van der Waals surface area (Å²) in [7, 11) is 5.73. The van der Waals surface area contributed by atoms with Crippen molar-refractivity contribution in [2.24, 2.45) is 29.5 Å². The van der Waals surface area contributed by atoms with E-state index in [0.29, 0.717) is 8.42 Å². The number of fused-ring (bicyclic) bond motifs is 7. The topological polar surface area (TPSA) is 162 Å². The molecule has 0 bridgehead atoms. The average molecular weight is 1910 g/mol. The van der Waals surface area contributed by atoms with Gasteiger partial charge in [0.05, 0.1) is 35.4 Å². The number of H-pyrrole nitrogens is 5. The predicted molar refractivity (Wildman–Crippen MR) is 617 cm³/mol. The molecule has 4 atom stereocenters. The van der Waals surface area contributed by atoms with E-state index in [0.717, 1.165) is 144 Å². The summed E-state index contributed by atoms with van der Waals surface area (Å²) in [5.41, 5.74) is 41.2. The van der Waals surface area contributed by atoms with Crippen molar-refractivity contribution in [1.29, 1.82) is 0 Å². The Bertz CT molecular complexity index is 7820. The zero-order chi connectivity index (χ0) is 97.3. The van der Waals surface area contributed by atoms with Gasteiger partial charge in [0, 0.05) is 128 Å². The predicted octanol–water partition coefficient (Wildman–Crippen LogP) is 35.1. The summed E-state index contributed by atoms with van der Waals surface area (Å²) in [4.78, 5) is 36.5. The van der Waals surface area contributed by atoms with Crippen LogP contribution < -0.4 is 4.74 Å². The maximum Gasteiger partial charge on any atom is 0.119 e. The Morgan fingerprint density at radius 2 is 0.695 bits per heavy atom.